The summed E-state index contributed by atoms with van der Waals surface area (Å²) < 4.78 is 0. The molecule has 1 fully saturated rings. The molecule has 0 spiro atoms. The summed E-state index contributed by atoms with van der Waals surface area (Å²) in [5, 5.41) is 4.09. The lowest BCUT2D eigenvalue weighted by molar-refractivity contribution is 0.0938. The van der Waals surface area contributed by atoms with Crippen LogP contribution in [0, 0.1) is 0 Å². The fourth-order valence-electron chi connectivity index (χ4n) is 2.42. The average Bonchev–Trinajstić information content (AvgIpc) is 2.80. The van der Waals surface area contributed by atoms with Crippen molar-refractivity contribution in [3.05, 3.63) is 28.8 Å². The molecule has 1 aliphatic rings. The van der Waals surface area contributed by atoms with Gasteiger partial charge < -0.3 is 11.1 Å². The maximum atomic E-state index is 12.2. The van der Waals surface area contributed by atoms with Gasteiger partial charge in [0.25, 0.3) is 5.91 Å². The summed E-state index contributed by atoms with van der Waals surface area (Å²) in [7, 11) is 0. The Kier molecular flexibility index (Phi) is 4.99. The molecule has 0 aliphatic heterocycles. The molecule has 0 bridgehead atoms. The van der Waals surface area contributed by atoms with Crippen molar-refractivity contribution in [2.75, 3.05) is 11.5 Å². The Hall–Kier alpha value is -0.870. The summed E-state index contributed by atoms with van der Waals surface area (Å²) >= 11 is 7.87. The first kappa shape index (κ1) is 14.5. The topological polar surface area (TPSA) is 55.1 Å². The van der Waals surface area contributed by atoms with Crippen molar-refractivity contribution < 1.29 is 4.79 Å². The van der Waals surface area contributed by atoms with Crippen molar-refractivity contribution in [3.63, 3.8) is 0 Å². The van der Waals surface area contributed by atoms with Gasteiger partial charge >= 0.3 is 0 Å². The second kappa shape index (κ2) is 6.53. The Bertz CT molecular complexity index is 467. The van der Waals surface area contributed by atoms with E-state index in [1.54, 1.807) is 18.2 Å². The van der Waals surface area contributed by atoms with Gasteiger partial charge in [-0.3, -0.25) is 4.79 Å². The zero-order valence-electron chi connectivity index (χ0n) is 11.0. The average molecular weight is 299 g/mol. The minimum absolute atomic E-state index is 0.0597. The molecule has 1 saturated carbocycles. The highest BCUT2D eigenvalue weighted by Crippen LogP contribution is 2.30. The van der Waals surface area contributed by atoms with Crippen molar-refractivity contribution in [2.45, 2.75) is 37.5 Å². The lowest BCUT2D eigenvalue weighted by atomic mass is 10.1. The number of nitrogens with one attached hydrogen (secondary N) is 1. The summed E-state index contributed by atoms with van der Waals surface area (Å²) in [6.07, 6.45) is 3.43. The molecule has 0 aromatic heterocycles. The zero-order chi connectivity index (χ0) is 13.8. The third-order valence-corrected chi connectivity index (χ3v) is 5.07. The number of nitrogen functional groups attached to an aromatic ring is 1. The van der Waals surface area contributed by atoms with E-state index in [1.807, 2.05) is 11.8 Å². The van der Waals surface area contributed by atoms with E-state index in [1.165, 1.54) is 12.8 Å². The molecular formula is C14H19ClN2OS. The largest absolute Gasteiger partial charge is 0.398 e. The van der Waals surface area contributed by atoms with Crippen molar-refractivity contribution in [1.82, 2.24) is 5.32 Å². The van der Waals surface area contributed by atoms with Crippen molar-refractivity contribution in [1.29, 1.82) is 0 Å². The molecule has 2 rings (SSSR count). The Morgan fingerprint density at radius 2 is 2.32 bits per heavy atom. The van der Waals surface area contributed by atoms with Crippen LogP contribution < -0.4 is 11.1 Å². The number of thioether (sulfide) groups is 1. The SMILES string of the molecule is CCSC1CCCC1NC(=O)c1ccc(N)c(Cl)c1. The van der Waals surface area contributed by atoms with Crippen LogP contribution in [0.4, 0.5) is 5.69 Å². The first-order valence-corrected chi connectivity index (χ1v) is 8.02. The van der Waals surface area contributed by atoms with Gasteiger partial charge in [0.1, 0.15) is 0 Å². The number of benzene rings is 1. The van der Waals surface area contributed by atoms with Gasteiger partial charge in [-0.15, -0.1) is 0 Å². The minimum Gasteiger partial charge on any atom is -0.398 e. The van der Waals surface area contributed by atoms with Gasteiger partial charge in [0, 0.05) is 16.9 Å². The summed E-state index contributed by atoms with van der Waals surface area (Å²) in [4.78, 5) is 12.2. The number of anilines is 1. The van der Waals surface area contributed by atoms with Gasteiger partial charge in [-0.1, -0.05) is 24.9 Å². The van der Waals surface area contributed by atoms with E-state index < -0.39 is 0 Å². The van der Waals surface area contributed by atoms with Crippen LogP contribution in [0.1, 0.15) is 36.5 Å². The fourth-order valence-corrected chi connectivity index (χ4v) is 3.80. The normalized spacial score (nSPS) is 22.4. The molecular weight excluding hydrogens is 280 g/mol. The van der Waals surface area contributed by atoms with Crippen molar-refractivity contribution >= 4 is 35.0 Å². The molecule has 1 amide bonds. The Balaban J connectivity index is 2.02. The zero-order valence-corrected chi connectivity index (χ0v) is 12.6. The lowest BCUT2D eigenvalue weighted by Gasteiger charge is -2.20. The molecule has 104 valence electrons. The molecule has 0 saturated heterocycles. The Morgan fingerprint density at radius 3 is 3.00 bits per heavy atom. The number of rotatable bonds is 4. The summed E-state index contributed by atoms with van der Waals surface area (Å²) in [5.74, 6) is 1.03. The van der Waals surface area contributed by atoms with Crippen LogP contribution in [0.15, 0.2) is 18.2 Å². The Morgan fingerprint density at radius 1 is 1.53 bits per heavy atom. The fraction of sp³-hybridized carbons (Fsp3) is 0.500. The van der Waals surface area contributed by atoms with E-state index in [0.29, 0.717) is 21.5 Å². The first-order valence-electron chi connectivity index (χ1n) is 6.59. The van der Waals surface area contributed by atoms with Gasteiger partial charge in [0.2, 0.25) is 0 Å². The molecule has 2 unspecified atom stereocenters. The third-order valence-electron chi connectivity index (χ3n) is 3.41. The van der Waals surface area contributed by atoms with Crippen molar-refractivity contribution in [3.8, 4) is 0 Å². The molecule has 1 aromatic carbocycles. The van der Waals surface area contributed by atoms with Gasteiger partial charge in [-0.25, -0.2) is 0 Å². The number of carbonyl (C=O) groups is 1. The summed E-state index contributed by atoms with van der Waals surface area (Å²) in [6, 6.07) is 5.29. The monoisotopic (exact) mass is 298 g/mol. The number of nitrogens with two attached hydrogens (primary N) is 1. The highest BCUT2D eigenvalue weighted by molar-refractivity contribution is 7.99. The number of carbonyl (C=O) groups excluding carboxylic acids is 1. The van der Waals surface area contributed by atoms with E-state index in [0.717, 1.165) is 12.2 Å². The maximum absolute atomic E-state index is 12.2. The first-order chi connectivity index (χ1) is 9.11. The molecule has 1 aromatic rings. The predicted molar refractivity (Wildman–Crippen MR) is 82.9 cm³/mol. The van der Waals surface area contributed by atoms with Crippen LogP contribution in [0.5, 0.6) is 0 Å². The van der Waals surface area contributed by atoms with Crippen molar-refractivity contribution in [2.24, 2.45) is 0 Å². The third kappa shape index (κ3) is 3.57. The Labute approximate surface area is 123 Å². The molecule has 19 heavy (non-hydrogen) atoms. The minimum atomic E-state index is -0.0597. The maximum Gasteiger partial charge on any atom is 0.251 e. The number of amides is 1. The predicted octanol–water partition coefficient (Wildman–Crippen LogP) is 3.33. The quantitative estimate of drug-likeness (QED) is 0.838. The van der Waals surface area contributed by atoms with E-state index in [-0.39, 0.29) is 11.9 Å². The molecule has 3 nitrogen and oxygen atoms in total. The lowest BCUT2D eigenvalue weighted by Crippen LogP contribution is -2.38. The van der Waals surface area contributed by atoms with Crippen LogP contribution >= 0.6 is 23.4 Å². The van der Waals surface area contributed by atoms with Gasteiger partial charge in [0.05, 0.1) is 10.7 Å². The van der Waals surface area contributed by atoms with Crippen LogP contribution in [-0.2, 0) is 0 Å². The number of halogens is 1. The van der Waals surface area contributed by atoms with E-state index in [4.69, 9.17) is 17.3 Å². The highest BCUT2D eigenvalue weighted by atomic mass is 35.5. The van der Waals surface area contributed by atoms with E-state index in [9.17, 15) is 4.79 Å². The van der Waals surface area contributed by atoms with Gasteiger partial charge in [-0.2, -0.15) is 11.8 Å². The number of hydrogen-bond acceptors (Lipinski definition) is 3. The molecule has 1 aliphatic carbocycles. The van der Waals surface area contributed by atoms with E-state index in [2.05, 4.69) is 12.2 Å². The second-order valence-electron chi connectivity index (χ2n) is 4.74. The molecule has 5 heteroatoms. The molecule has 0 radical (unpaired) electrons. The smallest absolute Gasteiger partial charge is 0.251 e. The van der Waals surface area contributed by atoms with Crippen LogP contribution in [0.25, 0.3) is 0 Å². The summed E-state index contributed by atoms with van der Waals surface area (Å²) in [5.41, 5.74) is 6.72. The molecule has 0 heterocycles. The highest BCUT2D eigenvalue weighted by Gasteiger charge is 2.28. The van der Waals surface area contributed by atoms with Gasteiger partial charge in [0.15, 0.2) is 0 Å². The standard InChI is InChI=1S/C14H19ClN2OS/c1-2-19-13-5-3-4-12(13)17-14(18)9-6-7-11(16)10(15)8-9/h6-8,12-13H,2-5,16H2,1H3,(H,17,18). The van der Waals surface area contributed by atoms with E-state index >= 15 is 0 Å². The molecule has 3 N–H and O–H groups in total. The molecule has 2 atom stereocenters. The number of hydrogen-bond donors (Lipinski definition) is 2. The van der Waals surface area contributed by atoms with Crippen LogP contribution in [0.2, 0.25) is 5.02 Å². The van der Waals surface area contributed by atoms with Crippen LogP contribution in [-0.4, -0.2) is 23.0 Å². The van der Waals surface area contributed by atoms with Crippen LogP contribution in [0.3, 0.4) is 0 Å². The second-order valence-corrected chi connectivity index (χ2v) is 6.66. The van der Waals surface area contributed by atoms with Gasteiger partial charge in [-0.05, 0) is 36.8 Å². The summed E-state index contributed by atoms with van der Waals surface area (Å²) in [6.45, 7) is 2.15.